The maximum absolute atomic E-state index is 12.4. The van der Waals surface area contributed by atoms with Crippen molar-refractivity contribution >= 4 is 28.7 Å². The van der Waals surface area contributed by atoms with E-state index >= 15 is 0 Å². The quantitative estimate of drug-likeness (QED) is 0.495. The Kier molecular flexibility index (Phi) is 5.30. The minimum absolute atomic E-state index is 0.209. The first kappa shape index (κ1) is 19.4. The average molecular weight is 398 g/mol. The van der Waals surface area contributed by atoms with E-state index in [1.165, 1.54) is 11.6 Å². The molecule has 1 aromatic heterocycles. The highest BCUT2D eigenvalue weighted by atomic mass is 16.5. The van der Waals surface area contributed by atoms with Gasteiger partial charge in [0.05, 0.1) is 12.8 Å². The molecule has 1 amide bonds. The molecule has 6 nitrogen and oxygen atoms in total. The van der Waals surface area contributed by atoms with Gasteiger partial charge in [0.25, 0.3) is 0 Å². The first-order valence-electron chi connectivity index (χ1n) is 9.60. The van der Waals surface area contributed by atoms with Crippen molar-refractivity contribution in [3.63, 3.8) is 0 Å². The van der Waals surface area contributed by atoms with Gasteiger partial charge in [0.2, 0.25) is 5.91 Å². The Morgan fingerprint density at radius 1 is 0.967 bits per heavy atom. The number of hydrogen-bond acceptors (Lipinski definition) is 4. The number of nitrogens with zero attached hydrogens (tertiary/aromatic N) is 3. The van der Waals surface area contributed by atoms with E-state index in [1.807, 2.05) is 74.5 Å². The van der Waals surface area contributed by atoms with E-state index in [1.54, 1.807) is 18.0 Å². The fourth-order valence-corrected chi connectivity index (χ4v) is 3.06. The minimum Gasteiger partial charge on any atom is -0.497 e. The van der Waals surface area contributed by atoms with Crippen molar-refractivity contribution in [3.8, 4) is 11.4 Å². The van der Waals surface area contributed by atoms with Crippen LogP contribution in [-0.4, -0.2) is 28.0 Å². The van der Waals surface area contributed by atoms with Gasteiger partial charge in [-0.2, -0.15) is 4.80 Å². The molecule has 6 heteroatoms. The van der Waals surface area contributed by atoms with E-state index < -0.39 is 0 Å². The molecule has 3 aromatic carbocycles. The smallest absolute Gasteiger partial charge is 0.248 e. The predicted molar refractivity (Wildman–Crippen MR) is 119 cm³/mol. The lowest BCUT2D eigenvalue weighted by atomic mass is 10.1. The first-order valence-corrected chi connectivity index (χ1v) is 9.60. The van der Waals surface area contributed by atoms with Crippen LogP contribution >= 0.6 is 0 Å². The molecule has 0 aliphatic heterocycles. The SMILES string of the molecule is COc1ccc(/C=C/C(=O)Nc2cc3nn(-c4ccc(C)cc4)nc3cc2C)cc1. The highest BCUT2D eigenvalue weighted by Gasteiger charge is 2.10. The summed E-state index contributed by atoms with van der Waals surface area (Å²) in [6.07, 6.45) is 3.27. The molecule has 4 rings (SSSR count). The van der Waals surface area contributed by atoms with Gasteiger partial charge in [-0.3, -0.25) is 4.79 Å². The Balaban J connectivity index is 1.53. The summed E-state index contributed by atoms with van der Waals surface area (Å²) in [4.78, 5) is 14.0. The summed E-state index contributed by atoms with van der Waals surface area (Å²) >= 11 is 0. The number of carbonyl (C=O) groups is 1. The molecule has 0 unspecified atom stereocenters. The second-order valence-corrected chi connectivity index (χ2v) is 7.08. The van der Waals surface area contributed by atoms with E-state index in [2.05, 4.69) is 15.5 Å². The number of carbonyl (C=O) groups excluding carboxylic acids is 1. The van der Waals surface area contributed by atoms with Crippen LogP contribution in [0.15, 0.2) is 66.7 Å². The molecule has 0 bridgehead atoms. The van der Waals surface area contributed by atoms with Gasteiger partial charge in [-0.05, 0) is 67.4 Å². The third-order valence-electron chi connectivity index (χ3n) is 4.79. The van der Waals surface area contributed by atoms with Crippen molar-refractivity contribution in [2.45, 2.75) is 13.8 Å². The zero-order chi connectivity index (χ0) is 21.1. The fraction of sp³-hybridized carbons (Fsp3) is 0.125. The van der Waals surface area contributed by atoms with Crippen LogP contribution in [0.2, 0.25) is 0 Å². The van der Waals surface area contributed by atoms with E-state index in [4.69, 9.17) is 4.74 Å². The summed E-state index contributed by atoms with van der Waals surface area (Å²) in [6.45, 7) is 3.98. The van der Waals surface area contributed by atoms with Gasteiger partial charge in [0.15, 0.2) is 0 Å². The molecule has 150 valence electrons. The average Bonchev–Trinajstić information content (AvgIpc) is 3.16. The third kappa shape index (κ3) is 4.22. The Morgan fingerprint density at radius 2 is 1.63 bits per heavy atom. The van der Waals surface area contributed by atoms with Crippen molar-refractivity contribution in [1.29, 1.82) is 0 Å². The minimum atomic E-state index is -0.209. The van der Waals surface area contributed by atoms with Gasteiger partial charge in [-0.1, -0.05) is 29.8 Å². The number of anilines is 1. The summed E-state index contributed by atoms with van der Waals surface area (Å²) in [5, 5.41) is 12.0. The molecule has 0 saturated heterocycles. The van der Waals surface area contributed by atoms with Gasteiger partial charge in [0, 0.05) is 11.8 Å². The lowest BCUT2D eigenvalue weighted by molar-refractivity contribution is -0.111. The summed E-state index contributed by atoms with van der Waals surface area (Å²) in [7, 11) is 1.62. The number of fused-ring (bicyclic) bond motifs is 1. The van der Waals surface area contributed by atoms with Gasteiger partial charge in [-0.25, -0.2) is 0 Å². The van der Waals surface area contributed by atoms with Crippen molar-refractivity contribution in [2.24, 2.45) is 0 Å². The standard InChI is InChI=1S/C24H22N4O2/c1-16-4-9-19(10-5-16)28-26-22-14-17(2)21(15-23(22)27-28)25-24(29)13-8-18-6-11-20(30-3)12-7-18/h4-15H,1-3H3,(H,25,29)/b13-8+. The molecule has 0 saturated carbocycles. The van der Waals surface area contributed by atoms with Crippen LogP contribution in [0.5, 0.6) is 5.75 Å². The number of rotatable bonds is 5. The van der Waals surface area contributed by atoms with Gasteiger partial charge in [0.1, 0.15) is 16.8 Å². The zero-order valence-electron chi connectivity index (χ0n) is 17.1. The number of ether oxygens (including phenoxy) is 1. The van der Waals surface area contributed by atoms with Crippen LogP contribution in [0, 0.1) is 13.8 Å². The Hall–Kier alpha value is -3.93. The summed E-state index contributed by atoms with van der Waals surface area (Å²) in [5.41, 5.74) is 6.11. The molecule has 0 fully saturated rings. The lowest BCUT2D eigenvalue weighted by Gasteiger charge is -2.05. The maximum atomic E-state index is 12.4. The largest absolute Gasteiger partial charge is 0.497 e. The molecular weight excluding hydrogens is 376 g/mol. The van der Waals surface area contributed by atoms with Gasteiger partial charge >= 0.3 is 0 Å². The third-order valence-corrected chi connectivity index (χ3v) is 4.79. The van der Waals surface area contributed by atoms with Crippen molar-refractivity contribution in [1.82, 2.24) is 15.0 Å². The van der Waals surface area contributed by atoms with Crippen LogP contribution in [-0.2, 0) is 4.79 Å². The molecular formula is C24H22N4O2. The Morgan fingerprint density at radius 3 is 2.30 bits per heavy atom. The molecule has 30 heavy (non-hydrogen) atoms. The second kappa shape index (κ2) is 8.21. The normalized spacial score (nSPS) is 11.2. The number of amides is 1. The molecule has 4 aromatic rings. The molecule has 0 aliphatic carbocycles. The van der Waals surface area contributed by atoms with Crippen LogP contribution in [0.3, 0.4) is 0 Å². The summed E-state index contributed by atoms with van der Waals surface area (Å²) in [5.74, 6) is 0.568. The highest BCUT2D eigenvalue weighted by molar-refractivity contribution is 6.03. The predicted octanol–water partition coefficient (Wildman–Crippen LogP) is 4.70. The van der Waals surface area contributed by atoms with Crippen molar-refractivity contribution in [3.05, 3.63) is 83.4 Å². The number of aromatic nitrogens is 3. The monoisotopic (exact) mass is 398 g/mol. The molecule has 0 spiro atoms. The molecule has 0 atom stereocenters. The van der Waals surface area contributed by atoms with E-state index in [0.717, 1.165) is 33.6 Å². The number of benzene rings is 3. The first-order chi connectivity index (χ1) is 14.5. The van der Waals surface area contributed by atoms with Gasteiger partial charge < -0.3 is 10.1 Å². The highest BCUT2D eigenvalue weighted by Crippen LogP contribution is 2.22. The number of aryl methyl sites for hydroxylation is 2. The van der Waals surface area contributed by atoms with Crippen LogP contribution in [0.25, 0.3) is 22.8 Å². The number of methoxy groups -OCH3 is 1. The lowest BCUT2D eigenvalue weighted by Crippen LogP contribution is -2.08. The topological polar surface area (TPSA) is 69.0 Å². The van der Waals surface area contributed by atoms with E-state index in [0.29, 0.717) is 5.69 Å². The second-order valence-electron chi connectivity index (χ2n) is 7.08. The van der Waals surface area contributed by atoms with Crippen molar-refractivity contribution < 1.29 is 9.53 Å². The van der Waals surface area contributed by atoms with Crippen molar-refractivity contribution in [2.75, 3.05) is 12.4 Å². The van der Waals surface area contributed by atoms with Gasteiger partial charge in [-0.15, -0.1) is 10.2 Å². The van der Waals surface area contributed by atoms with Crippen LogP contribution in [0.1, 0.15) is 16.7 Å². The Bertz CT molecular complexity index is 1220. The van der Waals surface area contributed by atoms with E-state index in [-0.39, 0.29) is 5.91 Å². The molecule has 1 heterocycles. The fourth-order valence-electron chi connectivity index (χ4n) is 3.06. The zero-order valence-corrected chi connectivity index (χ0v) is 17.1. The van der Waals surface area contributed by atoms with E-state index in [9.17, 15) is 4.79 Å². The molecule has 1 N–H and O–H groups in total. The molecule has 0 aliphatic rings. The summed E-state index contributed by atoms with van der Waals surface area (Å²) in [6, 6.07) is 19.3. The van der Waals surface area contributed by atoms with Crippen LogP contribution < -0.4 is 10.1 Å². The summed E-state index contributed by atoms with van der Waals surface area (Å²) < 4.78 is 5.14. The maximum Gasteiger partial charge on any atom is 0.248 e. The molecule has 0 radical (unpaired) electrons. The van der Waals surface area contributed by atoms with Crippen LogP contribution in [0.4, 0.5) is 5.69 Å². The Labute approximate surface area is 174 Å². The number of hydrogen-bond donors (Lipinski definition) is 1. The number of nitrogens with one attached hydrogen (secondary N) is 1.